The van der Waals surface area contributed by atoms with Crippen molar-refractivity contribution >= 4 is 35.5 Å². The minimum absolute atomic E-state index is 0.00271. The van der Waals surface area contributed by atoms with E-state index in [0.29, 0.717) is 42.2 Å². The molecule has 4 aliphatic carbocycles. The van der Waals surface area contributed by atoms with Crippen molar-refractivity contribution in [1.29, 1.82) is 0 Å². The van der Waals surface area contributed by atoms with Gasteiger partial charge in [0.2, 0.25) is 11.8 Å². The van der Waals surface area contributed by atoms with E-state index in [0.717, 1.165) is 128 Å². The molecule has 4 saturated carbocycles. The van der Waals surface area contributed by atoms with Gasteiger partial charge < -0.3 is 50.5 Å². The van der Waals surface area contributed by atoms with Crippen LogP contribution in [-0.2, 0) is 52.8 Å². The molecule has 3 aromatic rings. The predicted octanol–water partition coefficient (Wildman–Crippen LogP) is 13.3. The number of aliphatic carboxylic acids is 2. The van der Waals surface area contributed by atoms with E-state index < -0.39 is 29.4 Å². The number of nitrogens with two attached hydrogens (primary N) is 1. The van der Waals surface area contributed by atoms with Crippen molar-refractivity contribution in [3.63, 3.8) is 0 Å². The highest BCUT2D eigenvalue weighted by atomic mass is 16.6. The largest absolute Gasteiger partial charge is 0.481 e. The van der Waals surface area contributed by atoms with Crippen LogP contribution in [0.4, 0.5) is 0 Å². The van der Waals surface area contributed by atoms with Crippen LogP contribution in [0.3, 0.4) is 0 Å². The normalized spacial score (nSPS) is 25.0. The van der Waals surface area contributed by atoms with Crippen LogP contribution in [0.15, 0.2) is 91.0 Å². The Kier molecular flexibility index (Phi) is 34.4. The standard InChI is InChI=1S/C28H43N3O2.C23H35N3O.C16H23N.C14H24O4.C5H11NO2/c1-21(29-2)27(32)19-25(23-11-7-4-8-12-23)28(33)31-18-15-24-14-17-30(20-26(24)31)16-13-22-9-5-3-6-10-22;24-22(20-9-5-2-6-10-20)23(27)26-16-13-19-12-15-25(17-21(19)26)14-11-18-7-3-1-4-8-18;1-2-5-14(6-3-1)9-11-17-12-10-15-7-4-8-16(15)13-17;1-14(2,3)18-12(15)9-11(13(16)17)10-7-5-4-6-8-10;1-4(5(7)8)6(2)3/h3,5-6,9-10,21,23-26,29H,4,7-8,11-20H2,1-2H3;1,3-4,7-8,19-22H,2,5-6,9-17,24H2;1-3,5-6,15-16H,4,7-13H2;10-11H,4-9H2,1-3H3,(H,16,17);4H,1-3H3,(H,7,8)/t21-,24+,25-,26+;19-,21-,22+;15-,16+;11-;4-/m01000/s1. The number of carbonyl (C=O) groups is 6. The first-order valence-corrected chi connectivity index (χ1v) is 40.7. The number of nitrogens with one attached hydrogen (secondary N) is 1. The van der Waals surface area contributed by atoms with Gasteiger partial charge in [-0.25, -0.2) is 0 Å². The van der Waals surface area contributed by atoms with Crippen molar-refractivity contribution in [2.45, 2.75) is 250 Å². The molecule has 0 radical (unpaired) electrons. The number of carboxylic acids is 2. The molecule has 9 aliphatic rings. The number of Topliss-reactive ketones (excluding diaryl/α,β-unsaturated/α-hetero) is 1. The van der Waals surface area contributed by atoms with Crippen molar-refractivity contribution in [3.8, 4) is 0 Å². The summed E-state index contributed by atoms with van der Waals surface area (Å²) in [4.78, 5) is 86.9. The van der Waals surface area contributed by atoms with Crippen LogP contribution in [-0.4, -0.2) is 204 Å². The summed E-state index contributed by atoms with van der Waals surface area (Å²) in [6.45, 7) is 21.2. The molecule has 11 atom stereocenters. The minimum Gasteiger partial charge on any atom is -0.481 e. The number of benzene rings is 3. The summed E-state index contributed by atoms with van der Waals surface area (Å²) in [5.74, 6) is 2.24. The van der Waals surface area contributed by atoms with Gasteiger partial charge in [0, 0.05) is 76.8 Å². The number of rotatable bonds is 23. The third-order valence-electron chi connectivity index (χ3n) is 25.1. The number of piperidine rings is 3. The molecule has 0 spiro atoms. The van der Waals surface area contributed by atoms with Gasteiger partial charge in [-0.2, -0.15) is 0 Å². The number of fused-ring (bicyclic) bond motifs is 3. The third-order valence-corrected chi connectivity index (χ3v) is 25.1. The van der Waals surface area contributed by atoms with Crippen LogP contribution >= 0.6 is 0 Å². The topological polar surface area (TPSA) is 210 Å². The van der Waals surface area contributed by atoms with Gasteiger partial charge in [0.25, 0.3) is 0 Å². The van der Waals surface area contributed by atoms with E-state index in [4.69, 9.17) is 15.6 Å². The lowest BCUT2D eigenvalue weighted by molar-refractivity contribution is -0.161. The molecule has 3 aromatic carbocycles. The number of ketones is 1. The minimum atomic E-state index is -0.868. The SMILES string of the molecule is CC(C)(C)OC(=O)C[C@H](C(=O)O)C1CCCCC1.CN[C@@H](C)C(=O)C[C@H](C(=O)N1CC[C@H]2CCN(CCc3ccccc3)C[C@H]21)C1CCCCC1.C[C@@H](C(=O)O)N(C)C.N[C@H](C(=O)N1CC[C@H]2CCN(CCc3ccccc3)C[C@H]21)C1CCCCC1.c1ccc(CCN2CC[C@@H]3CCC[C@@H]3C2)cc1. The van der Waals surface area contributed by atoms with Crippen LogP contribution in [0, 0.1) is 53.3 Å². The maximum absolute atomic E-state index is 14.0. The molecule has 0 bridgehead atoms. The number of likely N-dealkylation sites (N-methyl/N-ethyl adjacent to an activating group) is 2. The number of hydrogen-bond acceptors (Lipinski definition) is 13. The van der Waals surface area contributed by atoms with Gasteiger partial charge in [-0.05, 0) is 230 Å². The molecule has 0 aromatic heterocycles. The van der Waals surface area contributed by atoms with Gasteiger partial charge in [0.1, 0.15) is 17.4 Å². The molecular formula is C86H136N8O9. The van der Waals surface area contributed by atoms with Crippen molar-refractivity contribution in [1.82, 2.24) is 34.7 Å². The number of nitrogens with zero attached hydrogens (tertiary/aromatic N) is 6. The molecule has 5 heterocycles. The Bertz CT molecular complexity index is 2990. The highest BCUT2D eigenvalue weighted by Crippen LogP contribution is 2.41. The summed E-state index contributed by atoms with van der Waals surface area (Å²) in [5.41, 5.74) is 10.2. The van der Waals surface area contributed by atoms with E-state index in [1.807, 2.05) is 14.0 Å². The number of carbonyl (C=O) groups excluding carboxylic acids is 4. The molecule has 103 heavy (non-hydrogen) atoms. The Morgan fingerprint density at radius 1 is 0.485 bits per heavy atom. The number of ether oxygens (including phenoxy) is 1. The maximum atomic E-state index is 14.0. The zero-order chi connectivity index (χ0) is 73.8. The molecule has 5 aliphatic heterocycles. The second-order valence-electron chi connectivity index (χ2n) is 33.4. The van der Waals surface area contributed by atoms with E-state index in [1.165, 1.54) is 139 Å². The lowest BCUT2D eigenvalue weighted by Crippen LogP contribution is -2.55. The number of likely N-dealkylation sites (tertiary alicyclic amines) is 5. The van der Waals surface area contributed by atoms with Crippen LogP contribution in [0.2, 0.25) is 0 Å². The fourth-order valence-electron chi connectivity index (χ4n) is 18.3. The molecule has 2 amide bonds. The van der Waals surface area contributed by atoms with Crippen LogP contribution in [0.1, 0.15) is 212 Å². The van der Waals surface area contributed by atoms with Gasteiger partial charge in [0.05, 0.1) is 24.4 Å². The molecule has 12 rings (SSSR count). The molecule has 17 nitrogen and oxygen atoms in total. The number of amides is 2. The van der Waals surface area contributed by atoms with Gasteiger partial charge in [0.15, 0.2) is 0 Å². The summed E-state index contributed by atoms with van der Waals surface area (Å²) in [6, 6.07) is 32.2. The Morgan fingerprint density at radius 3 is 1.29 bits per heavy atom. The van der Waals surface area contributed by atoms with Crippen molar-refractivity contribution < 1.29 is 43.7 Å². The Morgan fingerprint density at radius 2 is 0.883 bits per heavy atom. The molecular weight excluding hydrogens is 1290 g/mol. The number of esters is 1. The van der Waals surface area contributed by atoms with Crippen molar-refractivity contribution in [2.75, 3.05) is 93.1 Å². The summed E-state index contributed by atoms with van der Waals surface area (Å²) in [7, 11) is 5.30. The fourth-order valence-corrected chi connectivity index (χ4v) is 18.3. The second-order valence-corrected chi connectivity index (χ2v) is 33.4. The summed E-state index contributed by atoms with van der Waals surface area (Å²) < 4.78 is 5.21. The Hall–Kier alpha value is -5.56. The lowest BCUT2D eigenvalue weighted by atomic mass is 9.76. The van der Waals surface area contributed by atoms with E-state index in [1.54, 1.807) is 46.7 Å². The lowest BCUT2D eigenvalue weighted by Gasteiger charge is -2.40. The van der Waals surface area contributed by atoms with Gasteiger partial charge in [-0.15, -0.1) is 0 Å². The van der Waals surface area contributed by atoms with Crippen LogP contribution in [0.5, 0.6) is 0 Å². The maximum Gasteiger partial charge on any atom is 0.320 e. The number of carboxylic acid groups (broad SMARTS) is 2. The highest BCUT2D eigenvalue weighted by molar-refractivity contribution is 5.90. The first-order chi connectivity index (χ1) is 49.5. The molecule has 9 fully saturated rings. The Balaban J connectivity index is 0.000000173. The summed E-state index contributed by atoms with van der Waals surface area (Å²) in [6.07, 6.45) is 31.5. The molecule has 0 unspecified atom stereocenters. The predicted molar refractivity (Wildman–Crippen MR) is 413 cm³/mol. The number of hydrogen-bond donors (Lipinski definition) is 4. The van der Waals surface area contributed by atoms with Gasteiger partial charge in [-0.1, -0.05) is 162 Å². The average Bonchev–Trinajstić information content (AvgIpc) is 1.65. The van der Waals surface area contributed by atoms with Crippen LogP contribution in [0.25, 0.3) is 0 Å². The quantitative estimate of drug-likeness (QED) is 0.0651. The molecule has 574 valence electrons. The van der Waals surface area contributed by atoms with Crippen molar-refractivity contribution in [3.05, 3.63) is 108 Å². The second kappa shape index (κ2) is 42.7. The third kappa shape index (κ3) is 26.7. The summed E-state index contributed by atoms with van der Waals surface area (Å²) in [5, 5.41) is 20.7. The van der Waals surface area contributed by atoms with Crippen molar-refractivity contribution in [2.24, 2.45) is 59.0 Å². The Labute approximate surface area is 620 Å². The highest BCUT2D eigenvalue weighted by Gasteiger charge is 2.46. The fraction of sp³-hybridized carbons (Fsp3) is 0.721. The van der Waals surface area contributed by atoms with E-state index in [2.05, 4.69) is 121 Å². The smallest absolute Gasteiger partial charge is 0.320 e. The van der Waals surface area contributed by atoms with Gasteiger partial charge >= 0.3 is 17.9 Å². The first-order valence-electron chi connectivity index (χ1n) is 40.7. The van der Waals surface area contributed by atoms with E-state index >= 15 is 0 Å². The van der Waals surface area contributed by atoms with E-state index in [-0.39, 0.29) is 54.0 Å². The van der Waals surface area contributed by atoms with Crippen LogP contribution < -0.4 is 11.1 Å². The first kappa shape index (κ1) is 83.1. The summed E-state index contributed by atoms with van der Waals surface area (Å²) >= 11 is 0. The molecule has 5 N–H and O–H groups in total. The monoisotopic (exact) mass is 1430 g/mol. The van der Waals surface area contributed by atoms with Gasteiger partial charge in [-0.3, -0.25) is 33.7 Å². The molecule has 17 heteroatoms. The zero-order valence-electron chi connectivity index (χ0n) is 64.8. The molecule has 5 saturated heterocycles. The average molecular weight is 1430 g/mol. The van der Waals surface area contributed by atoms with E-state index in [9.17, 15) is 33.9 Å². The zero-order valence-corrected chi connectivity index (χ0v) is 64.8.